The van der Waals surface area contributed by atoms with Gasteiger partial charge in [-0.2, -0.15) is 5.10 Å². The fraction of sp³-hybridized carbons (Fsp3) is 0.310. The van der Waals surface area contributed by atoms with E-state index in [0.717, 1.165) is 58.8 Å². The predicted molar refractivity (Wildman–Crippen MR) is 146 cm³/mol. The van der Waals surface area contributed by atoms with Crippen LogP contribution in [-0.2, 0) is 12.8 Å². The molecule has 2 aromatic carbocycles. The molecule has 178 valence electrons. The van der Waals surface area contributed by atoms with Gasteiger partial charge in [0.25, 0.3) is 5.91 Å². The molecule has 6 heteroatoms. The number of allylic oxidation sites excluding steroid dienone is 1. The van der Waals surface area contributed by atoms with Gasteiger partial charge in [0.1, 0.15) is 0 Å². The van der Waals surface area contributed by atoms with Crippen LogP contribution in [0, 0.1) is 5.92 Å². The van der Waals surface area contributed by atoms with Crippen LogP contribution in [0.3, 0.4) is 0 Å². The number of hydrogen-bond acceptors (Lipinski definition) is 3. The first-order chi connectivity index (χ1) is 17.1. The molecule has 0 N–H and O–H groups in total. The van der Waals surface area contributed by atoms with Gasteiger partial charge in [-0.3, -0.25) is 4.79 Å². The van der Waals surface area contributed by atoms with Crippen molar-refractivity contribution in [2.45, 2.75) is 51.0 Å². The number of fused-ring (bicyclic) bond motifs is 2. The van der Waals surface area contributed by atoms with Crippen LogP contribution in [0.5, 0.6) is 0 Å². The lowest BCUT2D eigenvalue weighted by molar-refractivity contribution is 0.0686. The second kappa shape index (κ2) is 9.57. The van der Waals surface area contributed by atoms with Crippen molar-refractivity contribution >= 4 is 52.2 Å². The zero-order valence-corrected chi connectivity index (χ0v) is 21.7. The smallest absolute Gasteiger partial charge is 0.266 e. The van der Waals surface area contributed by atoms with E-state index in [-0.39, 0.29) is 17.9 Å². The van der Waals surface area contributed by atoms with Crippen molar-refractivity contribution in [2.24, 2.45) is 11.0 Å². The standard InChI is InChI=1S/C29H26Cl2N2OS/c30-22-12-8-18(9-13-22)16-21-5-3-6-24-27(21)32-33(28(24)19-10-14-23(31)15-11-19)29(34)26-17-20-4-1-2-7-25(20)35-26/h8-17,24,28H,1-7H2/b21-16-/t24-,28-/m1/s1. The molecule has 2 heterocycles. The molecule has 0 bridgehead atoms. The fourth-order valence-electron chi connectivity index (χ4n) is 5.63. The first-order valence-corrected chi connectivity index (χ1v) is 13.9. The molecule has 1 amide bonds. The summed E-state index contributed by atoms with van der Waals surface area (Å²) >= 11 is 14.0. The third kappa shape index (κ3) is 4.48. The number of rotatable bonds is 3. The fourth-order valence-corrected chi connectivity index (χ4v) is 7.07. The summed E-state index contributed by atoms with van der Waals surface area (Å²) in [6.07, 6.45) is 9.82. The number of nitrogens with zero attached hydrogens (tertiary/aromatic N) is 2. The van der Waals surface area contributed by atoms with Crippen molar-refractivity contribution in [3.63, 3.8) is 0 Å². The molecule has 1 aromatic heterocycles. The molecule has 1 fully saturated rings. The lowest BCUT2D eigenvalue weighted by Gasteiger charge is -2.29. The average molecular weight is 522 g/mol. The van der Waals surface area contributed by atoms with Crippen LogP contribution in [0.1, 0.15) is 69.4 Å². The van der Waals surface area contributed by atoms with Crippen LogP contribution >= 0.6 is 34.5 Å². The Bertz CT molecular complexity index is 1300. The highest BCUT2D eigenvalue weighted by Gasteiger charge is 2.44. The highest BCUT2D eigenvalue weighted by Crippen LogP contribution is 2.45. The second-order valence-electron chi connectivity index (χ2n) is 9.62. The second-order valence-corrected chi connectivity index (χ2v) is 11.6. The maximum atomic E-state index is 13.9. The molecular formula is C29H26Cl2N2OS. The molecule has 1 aliphatic heterocycles. The van der Waals surface area contributed by atoms with E-state index in [4.69, 9.17) is 28.3 Å². The molecule has 3 aromatic rings. The van der Waals surface area contributed by atoms with Crippen LogP contribution < -0.4 is 0 Å². The van der Waals surface area contributed by atoms with Crippen molar-refractivity contribution in [2.75, 3.05) is 0 Å². The molecule has 0 saturated heterocycles. The van der Waals surface area contributed by atoms with Crippen LogP contribution in [0.15, 0.2) is 65.3 Å². The van der Waals surface area contributed by atoms with E-state index in [1.807, 2.05) is 48.5 Å². The Labute approximate surface area is 220 Å². The Balaban J connectivity index is 1.41. The summed E-state index contributed by atoms with van der Waals surface area (Å²) in [6.45, 7) is 0. The number of thiophene rings is 1. The summed E-state index contributed by atoms with van der Waals surface area (Å²) in [5.74, 6) is 0.180. The summed E-state index contributed by atoms with van der Waals surface area (Å²) < 4.78 is 0. The molecule has 3 nitrogen and oxygen atoms in total. The minimum absolute atomic E-state index is 0.0112. The van der Waals surface area contributed by atoms with E-state index < -0.39 is 0 Å². The molecule has 2 atom stereocenters. The number of benzene rings is 2. The van der Waals surface area contributed by atoms with Crippen molar-refractivity contribution < 1.29 is 4.79 Å². The van der Waals surface area contributed by atoms with E-state index in [1.54, 1.807) is 16.3 Å². The highest BCUT2D eigenvalue weighted by molar-refractivity contribution is 7.14. The lowest BCUT2D eigenvalue weighted by Crippen LogP contribution is -2.31. The number of aryl methyl sites for hydroxylation is 2. The number of hydrazone groups is 1. The SMILES string of the molecule is O=C(c1cc2c(s1)CCCC2)N1N=C2/C(=C\c3ccc(Cl)cc3)CCC[C@H]2[C@H]1c1ccc(Cl)cc1. The Morgan fingerprint density at radius 1 is 0.943 bits per heavy atom. The van der Waals surface area contributed by atoms with Crippen LogP contribution in [0.25, 0.3) is 6.08 Å². The zero-order valence-electron chi connectivity index (χ0n) is 19.3. The maximum absolute atomic E-state index is 13.9. The van der Waals surface area contributed by atoms with Crippen molar-refractivity contribution in [3.8, 4) is 0 Å². The van der Waals surface area contributed by atoms with E-state index in [0.29, 0.717) is 5.02 Å². The van der Waals surface area contributed by atoms with Crippen molar-refractivity contribution in [1.82, 2.24) is 5.01 Å². The van der Waals surface area contributed by atoms with Gasteiger partial charge in [-0.15, -0.1) is 11.3 Å². The predicted octanol–water partition coefficient (Wildman–Crippen LogP) is 8.37. The van der Waals surface area contributed by atoms with Gasteiger partial charge < -0.3 is 0 Å². The molecule has 0 radical (unpaired) electrons. The third-order valence-electron chi connectivity index (χ3n) is 7.34. The van der Waals surface area contributed by atoms with E-state index in [2.05, 4.69) is 12.1 Å². The molecule has 2 aliphatic carbocycles. The van der Waals surface area contributed by atoms with Gasteiger partial charge in [-0.25, -0.2) is 5.01 Å². The molecule has 0 unspecified atom stereocenters. The summed E-state index contributed by atoms with van der Waals surface area (Å²) in [5.41, 5.74) is 5.79. The number of carbonyl (C=O) groups is 1. The van der Waals surface area contributed by atoms with Crippen LogP contribution in [-0.4, -0.2) is 16.6 Å². The lowest BCUT2D eigenvalue weighted by atomic mass is 9.77. The summed E-state index contributed by atoms with van der Waals surface area (Å²) in [7, 11) is 0. The minimum atomic E-state index is -0.122. The average Bonchev–Trinajstić information content (AvgIpc) is 3.48. The number of halogens is 2. The molecule has 1 saturated carbocycles. The maximum Gasteiger partial charge on any atom is 0.284 e. The summed E-state index contributed by atoms with van der Waals surface area (Å²) in [5, 5.41) is 8.24. The largest absolute Gasteiger partial charge is 0.284 e. The van der Waals surface area contributed by atoms with Gasteiger partial charge in [0, 0.05) is 20.8 Å². The normalized spacial score (nSPS) is 22.6. The topological polar surface area (TPSA) is 32.7 Å². The molecule has 3 aliphatic rings. The van der Waals surface area contributed by atoms with Crippen molar-refractivity contribution in [1.29, 1.82) is 0 Å². The van der Waals surface area contributed by atoms with Gasteiger partial charge >= 0.3 is 0 Å². The Kier molecular flexibility index (Phi) is 6.30. The Hall–Kier alpha value is -2.40. The van der Waals surface area contributed by atoms with Gasteiger partial charge in [0.2, 0.25) is 0 Å². The molecular weight excluding hydrogens is 495 g/mol. The third-order valence-corrected chi connectivity index (χ3v) is 9.07. The zero-order chi connectivity index (χ0) is 23.9. The Morgan fingerprint density at radius 2 is 1.66 bits per heavy atom. The monoisotopic (exact) mass is 520 g/mol. The number of amides is 1. The van der Waals surface area contributed by atoms with Gasteiger partial charge in [0.05, 0.1) is 16.6 Å². The minimum Gasteiger partial charge on any atom is -0.266 e. The number of carbonyl (C=O) groups excluding carboxylic acids is 1. The van der Waals surface area contributed by atoms with Crippen molar-refractivity contribution in [3.05, 3.63) is 96.7 Å². The number of hydrogen-bond donors (Lipinski definition) is 0. The first kappa shape index (κ1) is 23.0. The molecule has 35 heavy (non-hydrogen) atoms. The first-order valence-electron chi connectivity index (χ1n) is 12.3. The van der Waals surface area contributed by atoms with Gasteiger partial charge in [0.15, 0.2) is 0 Å². The van der Waals surface area contributed by atoms with E-state index in [9.17, 15) is 4.79 Å². The highest BCUT2D eigenvalue weighted by atomic mass is 35.5. The van der Waals surface area contributed by atoms with Gasteiger partial charge in [-0.05, 0) is 104 Å². The summed E-state index contributed by atoms with van der Waals surface area (Å²) in [4.78, 5) is 16.1. The van der Waals surface area contributed by atoms with E-state index >= 15 is 0 Å². The quantitative estimate of drug-likeness (QED) is 0.341. The Morgan fingerprint density at radius 3 is 2.40 bits per heavy atom. The molecule has 0 spiro atoms. The van der Waals surface area contributed by atoms with Gasteiger partial charge in [-0.1, -0.05) is 47.5 Å². The van der Waals surface area contributed by atoms with E-state index in [1.165, 1.54) is 28.9 Å². The summed E-state index contributed by atoms with van der Waals surface area (Å²) in [6, 6.07) is 17.8. The van der Waals surface area contributed by atoms with Crippen LogP contribution in [0.4, 0.5) is 0 Å². The molecule has 6 rings (SSSR count). The van der Waals surface area contributed by atoms with Crippen LogP contribution in [0.2, 0.25) is 10.0 Å².